The fraction of sp³-hybridized carbons (Fsp3) is 0.333. The molecule has 1 aromatic carbocycles. The Balaban J connectivity index is 2.07. The summed E-state index contributed by atoms with van der Waals surface area (Å²) in [6, 6.07) is 6.49. The molecule has 0 bridgehead atoms. The summed E-state index contributed by atoms with van der Waals surface area (Å²) in [5.74, 6) is 0.118. The minimum absolute atomic E-state index is 0.231. The van der Waals surface area contributed by atoms with Gasteiger partial charge in [-0.25, -0.2) is 4.79 Å². The van der Waals surface area contributed by atoms with Gasteiger partial charge in [-0.15, -0.1) is 0 Å². The fourth-order valence-corrected chi connectivity index (χ4v) is 2.39. The van der Waals surface area contributed by atoms with Crippen molar-refractivity contribution in [2.24, 2.45) is 7.05 Å². The highest BCUT2D eigenvalue weighted by Crippen LogP contribution is 2.27. The Bertz CT molecular complexity index is 776. The highest BCUT2D eigenvalue weighted by atomic mass is 16.5. The van der Waals surface area contributed by atoms with Gasteiger partial charge < -0.3 is 18.8 Å². The lowest BCUT2D eigenvalue weighted by Crippen LogP contribution is -2.15. The van der Waals surface area contributed by atoms with E-state index in [0.29, 0.717) is 22.6 Å². The maximum atomic E-state index is 12.3. The molecule has 0 aliphatic rings. The van der Waals surface area contributed by atoms with Crippen molar-refractivity contribution in [1.82, 2.24) is 4.57 Å². The summed E-state index contributed by atoms with van der Waals surface area (Å²) in [6.45, 7) is 3.47. The van der Waals surface area contributed by atoms with Gasteiger partial charge in [-0.1, -0.05) is 0 Å². The number of aromatic nitrogens is 1. The van der Waals surface area contributed by atoms with Crippen LogP contribution in [0, 0.1) is 13.8 Å². The number of benzene rings is 1. The lowest BCUT2D eigenvalue weighted by molar-refractivity contribution is 0.0474. The number of carbonyl (C=O) groups excluding carboxylic acids is 2. The van der Waals surface area contributed by atoms with E-state index in [1.165, 1.54) is 20.3 Å². The topological polar surface area (TPSA) is 66.8 Å². The molecule has 6 heteroatoms. The lowest BCUT2D eigenvalue weighted by Gasteiger charge is -2.09. The third kappa shape index (κ3) is 3.42. The number of Topliss-reactive ketones (excluding diaryl/α,β-unsaturated/α-hetero) is 1. The van der Waals surface area contributed by atoms with Crippen LogP contribution in [0.3, 0.4) is 0 Å². The summed E-state index contributed by atoms with van der Waals surface area (Å²) in [4.78, 5) is 24.4. The average molecular weight is 331 g/mol. The molecule has 0 saturated carbocycles. The largest absolute Gasteiger partial charge is 0.493 e. The van der Waals surface area contributed by atoms with Crippen LogP contribution in [0.4, 0.5) is 0 Å². The van der Waals surface area contributed by atoms with E-state index in [4.69, 9.17) is 14.2 Å². The van der Waals surface area contributed by atoms with Gasteiger partial charge >= 0.3 is 5.97 Å². The summed E-state index contributed by atoms with van der Waals surface area (Å²) in [6.07, 6.45) is 0. The van der Waals surface area contributed by atoms with Gasteiger partial charge in [0.15, 0.2) is 18.1 Å². The summed E-state index contributed by atoms with van der Waals surface area (Å²) >= 11 is 0. The van der Waals surface area contributed by atoms with Gasteiger partial charge in [-0.3, -0.25) is 4.79 Å². The number of rotatable bonds is 6. The first-order valence-corrected chi connectivity index (χ1v) is 7.44. The van der Waals surface area contributed by atoms with E-state index in [0.717, 1.165) is 11.4 Å². The number of aryl methyl sites for hydroxylation is 1. The van der Waals surface area contributed by atoms with Crippen LogP contribution in [0.25, 0.3) is 0 Å². The molecule has 1 aromatic heterocycles. The van der Waals surface area contributed by atoms with Crippen LogP contribution in [0.15, 0.2) is 24.3 Å². The molecule has 0 atom stereocenters. The number of esters is 1. The van der Waals surface area contributed by atoms with Gasteiger partial charge in [0.1, 0.15) is 0 Å². The summed E-state index contributed by atoms with van der Waals surface area (Å²) < 4.78 is 17.3. The smallest absolute Gasteiger partial charge is 0.338 e. The van der Waals surface area contributed by atoms with Crippen LogP contribution in [0.1, 0.15) is 32.1 Å². The molecule has 128 valence electrons. The van der Waals surface area contributed by atoms with Crippen molar-refractivity contribution >= 4 is 11.8 Å². The Labute approximate surface area is 140 Å². The van der Waals surface area contributed by atoms with E-state index < -0.39 is 5.97 Å². The molecule has 0 aliphatic carbocycles. The van der Waals surface area contributed by atoms with Gasteiger partial charge in [-0.05, 0) is 38.1 Å². The van der Waals surface area contributed by atoms with Crippen molar-refractivity contribution in [2.75, 3.05) is 20.8 Å². The van der Waals surface area contributed by atoms with Gasteiger partial charge in [0.05, 0.1) is 19.8 Å². The zero-order chi connectivity index (χ0) is 17.9. The van der Waals surface area contributed by atoms with E-state index in [-0.39, 0.29) is 12.4 Å². The van der Waals surface area contributed by atoms with Crippen LogP contribution in [0.2, 0.25) is 0 Å². The van der Waals surface area contributed by atoms with Gasteiger partial charge in [0, 0.05) is 24.0 Å². The predicted octanol–water partition coefficient (Wildman–Crippen LogP) is 2.70. The van der Waals surface area contributed by atoms with E-state index in [1.807, 2.05) is 25.5 Å². The first-order chi connectivity index (χ1) is 11.4. The fourth-order valence-electron chi connectivity index (χ4n) is 2.39. The van der Waals surface area contributed by atoms with Crippen LogP contribution in [-0.4, -0.2) is 37.1 Å². The van der Waals surface area contributed by atoms with Gasteiger partial charge in [0.2, 0.25) is 5.78 Å². The molecular weight excluding hydrogens is 310 g/mol. The molecule has 0 unspecified atom stereocenters. The zero-order valence-electron chi connectivity index (χ0n) is 14.5. The van der Waals surface area contributed by atoms with Crippen molar-refractivity contribution in [1.29, 1.82) is 0 Å². The average Bonchev–Trinajstić information content (AvgIpc) is 2.86. The number of methoxy groups -OCH3 is 2. The number of carbonyl (C=O) groups is 2. The maximum absolute atomic E-state index is 12.3. The third-order valence-electron chi connectivity index (χ3n) is 4.03. The summed E-state index contributed by atoms with van der Waals surface area (Å²) in [5.41, 5.74) is 2.68. The van der Waals surface area contributed by atoms with Gasteiger partial charge in [-0.2, -0.15) is 0 Å². The lowest BCUT2D eigenvalue weighted by atomic mass is 10.1. The quantitative estimate of drug-likeness (QED) is 0.601. The van der Waals surface area contributed by atoms with E-state index >= 15 is 0 Å². The van der Waals surface area contributed by atoms with Crippen LogP contribution in [0.5, 0.6) is 11.5 Å². The molecule has 0 N–H and O–H groups in total. The SMILES string of the molecule is COc1ccc(C(=O)OCC(=O)c2cc(C)n(C)c2C)cc1OC. The molecule has 0 amide bonds. The number of hydrogen-bond acceptors (Lipinski definition) is 5. The molecule has 2 aromatic rings. The van der Waals surface area contributed by atoms with Crippen molar-refractivity contribution in [2.45, 2.75) is 13.8 Å². The van der Waals surface area contributed by atoms with Crippen LogP contribution < -0.4 is 9.47 Å². The van der Waals surface area contributed by atoms with Crippen molar-refractivity contribution in [3.63, 3.8) is 0 Å². The maximum Gasteiger partial charge on any atom is 0.338 e. The number of nitrogens with zero attached hydrogens (tertiary/aromatic N) is 1. The minimum atomic E-state index is -0.588. The second-order valence-corrected chi connectivity index (χ2v) is 5.41. The first-order valence-electron chi connectivity index (χ1n) is 7.44. The van der Waals surface area contributed by atoms with E-state index in [2.05, 4.69) is 0 Å². The Morgan fingerprint density at radius 1 is 1.04 bits per heavy atom. The van der Waals surface area contributed by atoms with Crippen molar-refractivity contribution < 1.29 is 23.8 Å². The molecule has 0 fully saturated rings. The molecule has 0 spiro atoms. The second-order valence-electron chi connectivity index (χ2n) is 5.41. The molecule has 0 radical (unpaired) electrons. The summed E-state index contributed by atoms with van der Waals surface area (Å²) in [5, 5.41) is 0. The Morgan fingerprint density at radius 3 is 2.25 bits per heavy atom. The predicted molar refractivity (Wildman–Crippen MR) is 89.0 cm³/mol. The Morgan fingerprint density at radius 2 is 1.71 bits per heavy atom. The Kier molecular flexibility index (Phi) is 5.28. The number of ketones is 1. The molecule has 24 heavy (non-hydrogen) atoms. The molecule has 6 nitrogen and oxygen atoms in total. The summed E-state index contributed by atoms with van der Waals surface area (Å²) in [7, 11) is 4.88. The number of ether oxygens (including phenoxy) is 3. The highest BCUT2D eigenvalue weighted by molar-refractivity contribution is 6.00. The second kappa shape index (κ2) is 7.21. The number of hydrogen-bond donors (Lipinski definition) is 0. The van der Waals surface area contributed by atoms with E-state index in [9.17, 15) is 9.59 Å². The standard InChI is InChI=1S/C18H21NO5/c1-11-8-14(12(2)19(11)3)15(20)10-24-18(21)13-6-7-16(22-4)17(9-13)23-5/h6-9H,10H2,1-5H3. The highest BCUT2D eigenvalue weighted by Gasteiger charge is 2.17. The Hall–Kier alpha value is -2.76. The molecule has 0 saturated heterocycles. The minimum Gasteiger partial charge on any atom is -0.493 e. The van der Waals surface area contributed by atoms with Crippen LogP contribution >= 0.6 is 0 Å². The molecule has 2 rings (SSSR count). The normalized spacial score (nSPS) is 10.4. The van der Waals surface area contributed by atoms with Crippen molar-refractivity contribution in [3.8, 4) is 11.5 Å². The van der Waals surface area contributed by atoms with E-state index in [1.54, 1.807) is 18.2 Å². The molecule has 0 aliphatic heterocycles. The van der Waals surface area contributed by atoms with Gasteiger partial charge in [0.25, 0.3) is 0 Å². The first kappa shape index (κ1) is 17.6. The zero-order valence-corrected chi connectivity index (χ0v) is 14.5. The molecule has 1 heterocycles. The molecular formula is C18H21NO5. The monoisotopic (exact) mass is 331 g/mol. The van der Waals surface area contributed by atoms with Crippen LogP contribution in [-0.2, 0) is 11.8 Å². The van der Waals surface area contributed by atoms with Crippen molar-refractivity contribution in [3.05, 3.63) is 46.8 Å². The third-order valence-corrected chi connectivity index (χ3v) is 4.03.